The highest BCUT2D eigenvalue weighted by atomic mass is 16.5. The van der Waals surface area contributed by atoms with Crippen LogP contribution in [0.5, 0.6) is 0 Å². The van der Waals surface area contributed by atoms with E-state index in [1.54, 1.807) is 0 Å². The predicted molar refractivity (Wildman–Crippen MR) is 69.8 cm³/mol. The van der Waals surface area contributed by atoms with Crippen molar-refractivity contribution in [3.05, 3.63) is 12.2 Å². The molecule has 2 aliphatic carbocycles. The van der Waals surface area contributed by atoms with Gasteiger partial charge in [-0.3, -0.25) is 0 Å². The van der Waals surface area contributed by atoms with Crippen molar-refractivity contribution in [1.82, 2.24) is 5.32 Å². The number of rotatable bonds is 4. The van der Waals surface area contributed by atoms with Gasteiger partial charge in [-0.1, -0.05) is 12.2 Å². The average Bonchev–Trinajstić information content (AvgIpc) is 3.01. The average molecular weight is 235 g/mol. The Morgan fingerprint density at radius 1 is 1.35 bits per heavy atom. The van der Waals surface area contributed by atoms with Gasteiger partial charge in [0.1, 0.15) is 0 Å². The highest BCUT2D eigenvalue weighted by Crippen LogP contribution is 2.44. The minimum atomic E-state index is 0.453. The summed E-state index contributed by atoms with van der Waals surface area (Å²) in [4.78, 5) is 0. The Hall–Kier alpha value is -0.340. The van der Waals surface area contributed by atoms with Crippen LogP contribution in [0.3, 0.4) is 0 Å². The van der Waals surface area contributed by atoms with E-state index in [9.17, 15) is 0 Å². The first-order chi connectivity index (χ1) is 8.24. The summed E-state index contributed by atoms with van der Waals surface area (Å²) in [7, 11) is 0. The van der Waals surface area contributed by atoms with Crippen molar-refractivity contribution in [2.45, 2.75) is 45.3 Å². The molecule has 2 bridgehead atoms. The molecule has 3 aliphatic rings. The van der Waals surface area contributed by atoms with Gasteiger partial charge < -0.3 is 10.1 Å². The van der Waals surface area contributed by atoms with Crippen LogP contribution in [0.25, 0.3) is 0 Å². The Morgan fingerprint density at radius 3 is 2.82 bits per heavy atom. The van der Waals surface area contributed by atoms with E-state index >= 15 is 0 Å². The third kappa shape index (κ3) is 2.30. The molecule has 1 N–H and O–H groups in total. The summed E-state index contributed by atoms with van der Waals surface area (Å²) >= 11 is 0. The highest BCUT2D eigenvalue weighted by Gasteiger charge is 2.38. The summed E-state index contributed by atoms with van der Waals surface area (Å²) in [5, 5.41) is 3.77. The van der Waals surface area contributed by atoms with Crippen LogP contribution in [0, 0.1) is 23.7 Å². The molecule has 6 unspecified atom stereocenters. The lowest BCUT2D eigenvalue weighted by atomic mass is 9.87. The molecule has 17 heavy (non-hydrogen) atoms. The molecule has 3 rings (SSSR count). The molecular weight excluding hydrogens is 210 g/mol. The van der Waals surface area contributed by atoms with Crippen LogP contribution < -0.4 is 5.32 Å². The number of ether oxygens (including phenoxy) is 1. The number of fused-ring (bicyclic) bond motifs is 2. The van der Waals surface area contributed by atoms with E-state index in [-0.39, 0.29) is 0 Å². The summed E-state index contributed by atoms with van der Waals surface area (Å²) in [5.41, 5.74) is 0. The van der Waals surface area contributed by atoms with Gasteiger partial charge in [0.2, 0.25) is 0 Å². The maximum Gasteiger partial charge on any atom is 0.0588 e. The van der Waals surface area contributed by atoms with E-state index in [4.69, 9.17) is 4.74 Å². The Labute approximate surface area is 105 Å². The van der Waals surface area contributed by atoms with Gasteiger partial charge in [0.05, 0.1) is 6.10 Å². The lowest BCUT2D eigenvalue weighted by Gasteiger charge is -2.28. The van der Waals surface area contributed by atoms with E-state index < -0.39 is 0 Å². The smallest absolute Gasteiger partial charge is 0.0588 e. The van der Waals surface area contributed by atoms with E-state index in [0.29, 0.717) is 12.1 Å². The molecule has 0 amide bonds. The first kappa shape index (κ1) is 11.7. The van der Waals surface area contributed by atoms with Gasteiger partial charge in [0.15, 0.2) is 0 Å². The molecule has 1 saturated heterocycles. The second-order valence-electron chi connectivity index (χ2n) is 6.27. The third-order valence-electron chi connectivity index (χ3n) is 5.21. The molecular formula is C15H25NO. The Morgan fingerprint density at radius 2 is 2.24 bits per heavy atom. The van der Waals surface area contributed by atoms with Crippen molar-refractivity contribution in [1.29, 1.82) is 0 Å². The van der Waals surface area contributed by atoms with Gasteiger partial charge in [-0.2, -0.15) is 0 Å². The predicted octanol–water partition coefficient (Wildman–Crippen LogP) is 2.60. The fraction of sp³-hybridized carbons (Fsp3) is 0.867. The lowest BCUT2D eigenvalue weighted by molar-refractivity contribution is 0.104. The van der Waals surface area contributed by atoms with Crippen LogP contribution >= 0.6 is 0 Å². The zero-order chi connectivity index (χ0) is 11.8. The van der Waals surface area contributed by atoms with Crippen LogP contribution in [0.2, 0.25) is 0 Å². The molecule has 2 heteroatoms. The molecule has 0 aromatic heterocycles. The molecule has 0 aromatic rings. The van der Waals surface area contributed by atoms with Crippen LogP contribution in [0.1, 0.15) is 33.1 Å². The summed E-state index contributed by atoms with van der Waals surface area (Å²) in [5.74, 6) is 3.36. The minimum Gasteiger partial charge on any atom is -0.378 e. The number of hydrogen-bond acceptors (Lipinski definition) is 2. The molecule has 1 saturated carbocycles. The number of nitrogens with one attached hydrogen (secondary N) is 1. The van der Waals surface area contributed by atoms with Gasteiger partial charge in [-0.25, -0.2) is 0 Å². The standard InChI is InChI=1S/C15H25NO/c1-10(15-8-12-3-4-13(15)7-12)16-9-14-5-6-17-11(14)2/h3-4,10-16H,5-9H2,1-2H3. The molecule has 1 aliphatic heterocycles. The zero-order valence-corrected chi connectivity index (χ0v) is 11.1. The van der Waals surface area contributed by atoms with Gasteiger partial charge in [0.25, 0.3) is 0 Å². The van der Waals surface area contributed by atoms with E-state index in [1.165, 1.54) is 19.3 Å². The van der Waals surface area contributed by atoms with Gasteiger partial charge in [-0.05, 0) is 56.8 Å². The maximum atomic E-state index is 5.62. The molecule has 0 spiro atoms. The number of allylic oxidation sites excluding steroid dienone is 2. The quantitative estimate of drug-likeness (QED) is 0.756. The SMILES string of the molecule is CC(NCC1CCOC1C)C1CC2C=CC1C2. The van der Waals surface area contributed by atoms with E-state index in [2.05, 4.69) is 31.3 Å². The van der Waals surface area contributed by atoms with Crippen molar-refractivity contribution in [2.75, 3.05) is 13.2 Å². The largest absolute Gasteiger partial charge is 0.378 e. The van der Waals surface area contributed by atoms with Gasteiger partial charge in [0, 0.05) is 19.2 Å². The molecule has 2 fully saturated rings. The molecule has 96 valence electrons. The van der Waals surface area contributed by atoms with Crippen molar-refractivity contribution < 1.29 is 4.74 Å². The topological polar surface area (TPSA) is 21.3 Å². The molecule has 2 nitrogen and oxygen atoms in total. The van der Waals surface area contributed by atoms with Crippen molar-refractivity contribution in [2.24, 2.45) is 23.7 Å². The Bertz CT molecular complexity index is 301. The monoisotopic (exact) mass is 235 g/mol. The maximum absolute atomic E-state index is 5.62. The normalized spacial score (nSPS) is 45.6. The summed E-state index contributed by atoms with van der Waals surface area (Å²) in [6.07, 6.45) is 9.40. The van der Waals surface area contributed by atoms with Crippen LogP contribution in [0.15, 0.2) is 12.2 Å². The second kappa shape index (κ2) is 4.74. The Kier molecular flexibility index (Phi) is 3.27. The zero-order valence-electron chi connectivity index (χ0n) is 11.1. The van der Waals surface area contributed by atoms with E-state index in [0.717, 1.165) is 36.8 Å². The van der Waals surface area contributed by atoms with Crippen molar-refractivity contribution >= 4 is 0 Å². The first-order valence-electron chi connectivity index (χ1n) is 7.27. The summed E-state index contributed by atoms with van der Waals surface area (Å²) in [6.45, 7) is 6.68. The lowest BCUT2D eigenvalue weighted by Crippen LogP contribution is -2.39. The second-order valence-corrected chi connectivity index (χ2v) is 6.27. The molecule has 6 atom stereocenters. The van der Waals surface area contributed by atoms with Crippen LogP contribution in [-0.4, -0.2) is 25.3 Å². The summed E-state index contributed by atoms with van der Waals surface area (Å²) in [6, 6.07) is 0.669. The van der Waals surface area contributed by atoms with E-state index in [1.807, 2.05) is 0 Å². The molecule has 0 radical (unpaired) electrons. The van der Waals surface area contributed by atoms with Crippen molar-refractivity contribution in [3.63, 3.8) is 0 Å². The van der Waals surface area contributed by atoms with Crippen LogP contribution in [0.4, 0.5) is 0 Å². The summed E-state index contributed by atoms with van der Waals surface area (Å²) < 4.78 is 5.62. The van der Waals surface area contributed by atoms with Crippen LogP contribution in [-0.2, 0) is 4.74 Å². The molecule has 1 heterocycles. The third-order valence-corrected chi connectivity index (χ3v) is 5.21. The fourth-order valence-corrected chi connectivity index (χ4v) is 3.93. The van der Waals surface area contributed by atoms with Crippen molar-refractivity contribution in [3.8, 4) is 0 Å². The first-order valence-corrected chi connectivity index (χ1v) is 7.27. The number of hydrogen-bond donors (Lipinski definition) is 1. The highest BCUT2D eigenvalue weighted by molar-refractivity contribution is 5.11. The van der Waals surface area contributed by atoms with Gasteiger partial charge >= 0.3 is 0 Å². The Balaban J connectivity index is 1.47. The minimum absolute atomic E-state index is 0.453. The molecule has 0 aromatic carbocycles. The fourth-order valence-electron chi connectivity index (χ4n) is 3.93. The van der Waals surface area contributed by atoms with Gasteiger partial charge in [-0.15, -0.1) is 0 Å².